The van der Waals surface area contributed by atoms with Crippen molar-refractivity contribution in [3.8, 4) is 0 Å². The molecule has 0 fully saturated rings. The van der Waals surface area contributed by atoms with Gasteiger partial charge in [-0.3, -0.25) is 19.6 Å². The van der Waals surface area contributed by atoms with Crippen LogP contribution >= 0.6 is 0 Å². The summed E-state index contributed by atoms with van der Waals surface area (Å²) in [5.41, 5.74) is 3.86. The van der Waals surface area contributed by atoms with Crippen LogP contribution in [0.25, 0.3) is 0 Å². The van der Waals surface area contributed by atoms with Crippen LogP contribution in [0, 0.1) is 0 Å². The van der Waals surface area contributed by atoms with E-state index < -0.39 is 0 Å². The molecule has 0 radical (unpaired) electrons. The lowest BCUT2D eigenvalue weighted by molar-refractivity contribution is -0.114. The second kappa shape index (κ2) is 9.45. The first-order chi connectivity index (χ1) is 14.0. The maximum Gasteiger partial charge on any atom is 0.257 e. The van der Waals surface area contributed by atoms with Crippen LogP contribution in [-0.2, 0) is 11.2 Å². The molecule has 3 aromatic rings. The number of rotatable bonds is 7. The van der Waals surface area contributed by atoms with Crippen molar-refractivity contribution in [1.29, 1.82) is 0 Å². The van der Waals surface area contributed by atoms with Gasteiger partial charge in [0, 0.05) is 50.5 Å². The van der Waals surface area contributed by atoms with E-state index in [9.17, 15) is 9.59 Å². The van der Waals surface area contributed by atoms with E-state index >= 15 is 0 Å². The van der Waals surface area contributed by atoms with Gasteiger partial charge in [0.1, 0.15) is 0 Å². The third-order valence-corrected chi connectivity index (χ3v) is 4.38. The SMILES string of the molecule is CC(=O)Nc1ccc(NC(=O)c2cncc(N(C)CCc3ccncc3)c2)cc1. The van der Waals surface area contributed by atoms with Crippen LogP contribution < -0.4 is 15.5 Å². The first-order valence-corrected chi connectivity index (χ1v) is 9.25. The van der Waals surface area contributed by atoms with Crippen molar-refractivity contribution >= 4 is 28.9 Å². The van der Waals surface area contributed by atoms with Gasteiger partial charge < -0.3 is 15.5 Å². The molecule has 7 nitrogen and oxygen atoms in total. The van der Waals surface area contributed by atoms with Gasteiger partial charge in [-0.15, -0.1) is 0 Å². The Morgan fingerprint density at radius 3 is 2.24 bits per heavy atom. The van der Waals surface area contributed by atoms with Crippen molar-refractivity contribution in [3.05, 3.63) is 78.4 Å². The van der Waals surface area contributed by atoms with Gasteiger partial charge in [-0.05, 0) is 54.4 Å². The average Bonchev–Trinajstić information content (AvgIpc) is 2.74. The van der Waals surface area contributed by atoms with Gasteiger partial charge in [0.2, 0.25) is 5.91 Å². The quantitative estimate of drug-likeness (QED) is 0.647. The summed E-state index contributed by atoms with van der Waals surface area (Å²) >= 11 is 0. The highest BCUT2D eigenvalue weighted by Gasteiger charge is 2.10. The van der Waals surface area contributed by atoms with E-state index in [1.54, 1.807) is 49.1 Å². The van der Waals surface area contributed by atoms with Crippen molar-refractivity contribution < 1.29 is 9.59 Å². The van der Waals surface area contributed by atoms with E-state index in [0.717, 1.165) is 18.7 Å². The number of amides is 2. The van der Waals surface area contributed by atoms with Crippen LogP contribution in [0.2, 0.25) is 0 Å². The molecule has 0 aliphatic rings. The number of pyridine rings is 2. The zero-order chi connectivity index (χ0) is 20.6. The van der Waals surface area contributed by atoms with Crippen LogP contribution in [0.5, 0.6) is 0 Å². The predicted octanol–water partition coefficient (Wildman–Crippen LogP) is 3.37. The van der Waals surface area contributed by atoms with Gasteiger partial charge in [-0.25, -0.2) is 0 Å². The topological polar surface area (TPSA) is 87.2 Å². The molecule has 0 bridgehead atoms. The fourth-order valence-electron chi connectivity index (χ4n) is 2.78. The molecule has 0 saturated carbocycles. The lowest BCUT2D eigenvalue weighted by Gasteiger charge is -2.19. The summed E-state index contributed by atoms with van der Waals surface area (Å²) in [4.78, 5) is 34.0. The number of aromatic nitrogens is 2. The highest BCUT2D eigenvalue weighted by molar-refractivity contribution is 6.04. The maximum atomic E-state index is 12.6. The Labute approximate surface area is 169 Å². The molecule has 0 aliphatic heterocycles. The standard InChI is InChI=1S/C22H23N5O2/c1-16(28)25-19-3-5-20(6-4-19)26-22(29)18-13-21(15-24-14-18)27(2)12-9-17-7-10-23-11-8-17/h3-8,10-11,13-15H,9,12H2,1-2H3,(H,25,28)(H,26,29). The summed E-state index contributed by atoms with van der Waals surface area (Å²) < 4.78 is 0. The second-order valence-corrected chi connectivity index (χ2v) is 6.67. The molecule has 2 aromatic heterocycles. The molecule has 0 unspecified atom stereocenters. The molecule has 29 heavy (non-hydrogen) atoms. The largest absolute Gasteiger partial charge is 0.373 e. The number of benzene rings is 1. The molecular weight excluding hydrogens is 366 g/mol. The van der Waals surface area contributed by atoms with E-state index in [-0.39, 0.29) is 11.8 Å². The van der Waals surface area contributed by atoms with Gasteiger partial charge in [0.05, 0.1) is 17.4 Å². The third-order valence-electron chi connectivity index (χ3n) is 4.38. The van der Waals surface area contributed by atoms with Gasteiger partial charge in [-0.2, -0.15) is 0 Å². The van der Waals surface area contributed by atoms with Crippen LogP contribution in [0.3, 0.4) is 0 Å². The van der Waals surface area contributed by atoms with Crippen molar-refractivity contribution in [1.82, 2.24) is 9.97 Å². The molecule has 0 saturated heterocycles. The fraction of sp³-hybridized carbons (Fsp3) is 0.182. The smallest absolute Gasteiger partial charge is 0.257 e. The number of anilines is 3. The molecule has 3 rings (SSSR count). The van der Waals surface area contributed by atoms with Crippen LogP contribution in [-0.4, -0.2) is 35.4 Å². The molecule has 148 valence electrons. The van der Waals surface area contributed by atoms with Crippen LogP contribution in [0.15, 0.2) is 67.3 Å². The summed E-state index contributed by atoms with van der Waals surface area (Å²) in [6.45, 7) is 2.24. The Hall–Kier alpha value is -3.74. The van der Waals surface area contributed by atoms with Crippen LogP contribution in [0.1, 0.15) is 22.8 Å². The number of nitrogens with zero attached hydrogens (tertiary/aromatic N) is 3. The molecule has 0 aliphatic carbocycles. The number of likely N-dealkylation sites (N-methyl/N-ethyl adjacent to an activating group) is 1. The summed E-state index contributed by atoms with van der Waals surface area (Å²) in [5.74, 6) is -0.383. The fourth-order valence-corrected chi connectivity index (χ4v) is 2.78. The van der Waals surface area contributed by atoms with Crippen molar-refractivity contribution in [2.75, 3.05) is 29.1 Å². The Morgan fingerprint density at radius 1 is 0.931 bits per heavy atom. The minimum Gasteiger partial charge on any atom is -0.373 e. The molecular formula is C22H23N5O2. The molecule has 7 heteroatoms. The van der Waals surface area contributed by atoms with Crippen molar-refractivity contribution in [2.24, 2.45) is 0 Å². The summed E-state index contributed by atoms with van der Waals surface area (Å²) in [6.07, 6.45) is 7.72. The average molecular weight is 389 g/mol. The Bertz CT molecular complexity index is 974. The first kappa shape index (κ1) is 20.0. The van der Waals surface area contributed by atoms with Gasteiger partial charge >= 0.3 is 0 Å². The lowest BCUT2D eigenvalue weighted by Crippen LogP contribution is -2.21. The lowest BCUT2D eigenvalue weighted by atomic mass is 10.2. The number of hydrogen-bond donors (Lipinski definition) is 2. The minimum absolute atomic E-state index is 0.141. The highest BCUT2D eigenvalue weighted by Crippen LogP contribution is 2.17. The molecule has 2 amide bonds. The molecule has 0 spiro atoms. The third kappa shape index (κ3) is 5.87. The molecule has 1 aromatic carbocycles. The molecule has 2 heterocycles. The minimum atomic E-state index is -0.242. The Balaban J connectivity index is 1.62. The molecule has 0 atom stereocenters. The van der Waals surface area contributed by atoms with Gasteiger partial charge in [0.25, 0.3) is 5.91 Å². The Morgan fingerprint density at radius 2 is 1.59 bits per heavy atom. The van der Waals surface area contributed by atoms with E-state index in [0.29, 0.717) is 16.9 Å². The van der Waals surface area contributed by atoms with E-state index in [1.807, 2.05) is 25.2 Å². The predicted molar refractivity (Wildman–Crippen MR) is 114 cm³/mol. The number of carbonyl (C=O) groups excluding carboxylic acids is 2. The highest BCUT2D eigenvalue weighted by atomic mass is 16.2. The normalized spacial score (nSPS) is 10.3. The van der Waals surface area contributed by atoms with Crippen LogP contribution in [0.4, 0.5) is 17.1 Å². The first-order valence-electron chi connectivity index (χ1n) is 9.25. The molecule has 2 N–H and O–H groups in total. The number of carbonyl (C=O) groups is 2. The zero-order valence-corrected chi connectivity index (χ0v) is 16.4. The zero-order valence-electron chi connectivity index (χ0n) is 16.4. The number of hydrogen-bond acceptors (Lipinski definition) is 5. The van der Waals surface area contributed by atoms with Crippen molar-refractivity contribution in [3.63, 3.8) is 0 Å². The Kier molecular flexibility index (Phi) is 6.52. The monoisotopic (exact) mass is 389 g/mol. The van der Waals surface area contributed by atoms with Crippen molar-refractivity contribution in [2.45, 2.75) is 13.3 Å². The summed E-state index contributed by atoms with van der Waals surface area (Å²) in [6, 6.07) is 12.8. The summed E-state index contributed by atoms with van der Waals surface area (Å²) in [7, 11) is 1.97. The second-order valence-electron chi connectivity index (χ2n) is 6.67. The van der Waals surface area contributed by atoms with Gasteiger partial charge in [-0.1, -0.05) is 0 Å². The maximum absolute atomic E-state index is 12.6. The van der Waals surface area contributed by atoms with E-state index in [4.69, 9.17) is 0 Å². The van der Waals surface area contributed by atoms with E-state index in [1.165, 1.54) is 12.5 Å². The van der Waals surface area contributed by atoms with E-state index in [2.05, 4.69) is 25.5 Å². The number of nitrogens with one attached hydrogen (secondary N) is 2. The summed E-state index contributed by atoms with van der Waals surface area (Å²) in [5, 5.41) is 5.54. The van der Waals surface area contributed by atoms with Gasteiger partial charge in [0.15, 0.2) is 0 Å².